The van der Waals surface area contributed by atoms with Gasteiger partial charge in [0.15, 0.2) is 0 Å². The molecule has 3 unspecified atom stereocenters. The van der Waals surface area contributed by atoms with Crippen LogP contribution in [0.2, 0.25) is 5.02 Å². The van der Waals surface area contributed by atoms with Gasteiger partial charge in [-0.2, -0.15) is 0 Å². The van der Waals surface area contributed by atoms with Crippen molar-refractivity contribution in [3.05, 3.63) is 28.8 Å². The van der Waals surface area contributed by atoms with Gasteiger partial charge in [0.25, 0.3) is 0 Å². The van der Waals surface area contributed by atoms with Crippen LogP contribution in [0, 0.1) is 5.92 Å². The lowest BCUT2D eigenvalue weighted by Gasteiger charge is -2.25. The van der Waals surface area contributed by atoms with E-state index in [0.29, 0.717) is 12.0 Å². The molecule has 0 radical (unpaired) electrons. The molecule has 0 aromatic heterocycles. The topological polar surface area (TPSA) is 30.5 Å². The maximum atomic E-state index is 6.14. The number of methoxy groups -OCH3 is 1. The molecule has 1 aromatic rings. The van der Waals surface area contributed by atoms with Crippen LogP contribution in [-0.2, 0) is 4.74 Å². The second kappa shape index (κ2) is 6.60. The Bertz CT molecular complexity index is 425. The lowest BCUT2D eigenvalue weighted by Crippen LogP contribution is -2.29. The van der Waals surface area contributed by atoms with Crippen LogP contribution < -0.4 is 10.1 Å². The van der Waals surface area contributed by atoms with E-state index in [9.17, 15) is 0 Å². The third kappa shape index (κ3) is 3.41. The number of hydrogen-bond donors (Lipinski definition) is 1. The summed E-state index contributed by atoms with van der Waals surface area (Å²) in [6.07, 6.45) is 1.39. The number of rotatable bonds is 5. The predicted molar refractivity (Wildman–Crippen MR) is 77.9 cm³/mol. The Morgan fingerprint density at radius 1 is 1.53 bits per heavy atom. The van der Waals surface area contributed by atoms with Crippen molar-refractivity contribution in [3.8, 4) is 5.75 Å². The van der Waals surface area contributed by atoms with Gasteiger partial charge in [-0.1, -0.05) is 18.5 Å². The molecule has 1 aliphatic rings. The number of nitrogens with one attached hydrogen (secondary N) is 1. The Labute approximate surface area is 120 Å². The molecule has 106 valence electrons. The van der Waals surface area contributed by atoms with Crippen molar-refractivity contribution in [2.75, 3.05) is 20.3 Å². The fourth-order valence-electron chi connectivity index (χ4n) is 2.78. The van der Waals surface area contributed by atoms with Gasteiger partial charge in [0.2, 0.25) is 0 Å². The monoisotopic (exact) mass is 283 g/mol. The van der Waals surface area contributed by atoms with E-state index in [1.54, 1.807) is 7.11 Å². The molecule has 0 spiro atoms. The molecule has 0 amide bonds. The minimum absolute atomic E-state index is 0.226. The van der Waals surface area contributed by atoms with Crippen molar-refractivity contribution >= 4 is 11.6 Å². The number of benzene rings is 1. The third-order valence-corrected chi connectivity index (χ3v) is 3.89. The molecule has 1 aliphatic heterocycles. The smallest absolute Gasteiger partial charge is 0.123 e. The molecule has 1 N–H and O–H groups in total. The van der Waals surface area contributed by atoms with E-state index in [1.807, 2.05) is 18.2 Å². The SMILES string of the molecule is CCNC(c1cc(Cl)ccc1OC)C1COC(C)C1. The van der Waals surface area contributed by atoms with Gasteiger partial charge in [-0.25, -0.2) is 0 Å². The van der Waals surface area contributed by atoms with Gasteiger partial charge in [-0.15, -0.1) is 0 Å². The van der Waals surface area contributed by atoms with Gasteiger partial charge in [0.05, 0.1) is 19.8 Å². The number of halogens is 1. The second-order valence-electron chi connectivity index (χ2n) is 5.06. The standard InChI is InChI=1S/C15H22ClNO2/c1-4-17-15(11-7-10(2)19-9-11)13-8-12(16)5-6-14(13)18-3/h5-6,8,10-11,15,17H,4,7,9H2,1-3H3. The molecule has 1 heterocycles. The van der Waals surface area contributed by atoms with Crippen molar-refractivity contribution < 1.29 is 9.47 Å². The lowest BCUT2D eigenvalue weighted by molar-refractivity contribution is 0.117. The molecule has 4 heteroatoms. The molecule has 1 fully saturated rings. The summed E-state index contributed by atoms with van der Waals surface area (Å²) in [4.78, 5) is 0. The van der Waals surface area contributed by atoms with Crippen LogP contribution in [0.3, 0.4) is 0 Å². The normalized spacial score (nSPS) is 24.4. The Balaban J connectivity index is 2.30. The van der Waals surface area contributed by atoms with Crippen molar-refractivity contribution in [3.63, 3.8) is 0 Å². The largest absolute Gasteiger partial charge is 0.496 e. The number of hydrogen-bond acceptors (Lipinski definition) is 3. The quantitative estimate of drug-likeness (QED) is 0.898. The first kappa shape index (κ1) is 14.6. The Kier molecular flexibility index (Phi) is 5.08. The summed E-state index contributed by atoms with van der Waals surface area (Å²) in [5.74, 6) is 1.34. The second-order valence-corrected chi connectivity index (χ2v) is 5.50. The summed E-state index contributed by atoms with van der Waals surface area (Å²) in [6, 6.07) is 6.02. The average molecular weight is 284 g/mol. The minimum Gasteiger partial charge on any atom is -0.496 e. The third-order valence-electron chi connectivity index (χ3n) is 3.65. The van der Waals surface area contributed by atoms with Crippen LogP contribution in [0.15, 0.2) is 18.2 Å². The van der Waals surface area contributed by atoms with E-state index in [0.717, 1.165) is 35.9 Å². The highest BCUT2D eigenvalue weighted by molar-refractivity contribution is 6.30. The van der Waals surface area contributed by atoms with Gasteiger partial charge in [0, 0.05) is 22.5 Å². The zero-order valence-corrected chi connectivity index (χ0v) is 12.5. The zero-order chi connectivity index (χ0) is 13.8. The van der Waals surface area contributed by atoms with Crippen LogP contribution in [0.4, 0.5) is 0 Å². The average Bonchev–Trinajstić information content (AvgIpc) is 2.82. The summed E-state index contributed by atoms with van der Waals surface area (Å²) in [6.45, 7) is 5.93. The molecule has 1 saturated heterocycles. The van der Waals surface area contributed by atoms with E-state index in [4.69, 9.17) is 21.1 Å². The van der Waals surface area contributed by atoms with Crippen molar-refractivity contribution in [2.24, 2.45) is 5.92 Å². The van der Waals surface area contributed by atoms with Gasteiger partial charge >= 0.3 is 0 Å². The van der Waals surface area contributed by atoms with Crippen molar-refractivity contribution in [1.29, 1.82) is 0 Å². The maximum Gasteiger partial charge on any atom is 0.123 e. The first-order chi connectivity index (χ1) is 9.15. The summed E-state index contributed by atoms with van der Waals surface area (Å²) in [7, 11) is 1.70. The van der Waals surface area contributed by atoms with E-state index in [1.165, 1.54) is 0 Å². The van der Waals surface area contributed by atoms with Crippen molar-refractivity contribution in [1.82, 2.24) is 5.32 Å². The molecule has 3 atom stereocenters. The molecule has 0 saturated carbocycles. The van der Waals surface area contributed by atoms with Crippen LogP contribution in [0.25, 0.3) is 0 Å². The fraction of sp³-hybridized carbons (Fsp3) is 0.600. The molecule has 2 rings (SSSR count). The maximum absolute atomic E-state index is 6.14. The lowest BCUT2D eigenvalue weighted by atomic mass is 9.90. The summed E-state index contributed by atoms with van der Waals surface area (Å²) >= 11 is 6.14. The van der Waals surface area contributed by atoms with E-state index in [-0.39, 0.29) is 6.04 Å². The predicted octanol–water partition coefficient (Wildman–Crippen LogP) is 3.42. The van der Waals surface area contributed by atoms with Gasteiger partial charge < -0.3 is 14.8 Å². The van der Waals surface area contributed by atoms with Gasteiger partial charge in [0.1, 0.15) is 5.75 Å². The molecule has 0 aliphatic carbocycles. The molecule has 1 aromatic carbocycles. The van der Waals surface area contributed by atoms with E-state index in [2.05, 4.69) is 19.2 Å². The summed E-state index contributed by atoms with van der Waals surface area (Å²) in [5.41, 5.74) is 1.12. The molecular formula is C15H22ClNO2. The zero-order valence-electron chi connectivity index (χ0n) is 11.8. The van der Waals surface area contributed by atoms with Gasteiger partial charge in [-0.05, 0) is 38.1 Å². The van der Waals surface area contributed by atoms with Crippen LogP contribution in [0.1, 0.15) is 31.9 Å². The highest BCUT2D eigenvalue weighted by Crippen LogP contribution is 2.37. The van der Waals surface area contributed by atoms with Crippen molar-refractivity contribution in [2.45, 2.75) is 32.4 Å². The molecular weight excluding hydrogens is 262 g/mol. The highest BCUT2D eigenvalue weighted by atomic mass is 35.5. The number of ether oxygens (including phenoxy) is 2. The molecule has 3 nitrogen and oxygen atoms in total. The Morgan fingerprint density at radius 3 is 2.89 bits per heavy atom. The van der Waals surface area contributed by atoms with Crippen LogP contribution >= 0.6 is 11.6 Å². The van der Waals surface area contributed by atoms with E-state index >= 15 is 0 Å². The van der Waals surface area contributed by atoms with Crippen LogP contribution in [0.5, 0.6) is 5.75 Å². The Hall–Kier alpha value is -0.770. The highest BCUT2D eigenvalue weighted by Gasteiger charge is 2.31. The summed E-state index contributed by atoms with van der Waals surface area (Å²) < 4.78 is 11.2. The molecule has 0 bridgehead atoms. The Morgan fingerprint density at radius 2 is 2.32 bits per heavy atom. The first-order valence-corrected chi connectivity index (χ1v) is 7.22. The van der Waals surface area contributed by atoms with Crippen LogP contribution in [-0.4, -0.2) is 26.4 Å². The molecule has 19 heavy (non-hydrogen) atoms. The van der Waals surface area contributed by atoms with Gasteiger partial charge in [-0.3, -0.25) is 0 Å². The van der Waals surface area contributed by atoms with E-state index < -0.39 is 0 Å². The minimum atomic E-state index is 0.226. The summed E-state index contributed by atoms with van der Waals surface area (Å²) in [5, 5.41) is 4.29. The fourth-order valence-corrected chi connectivity index (χ4v) is 2.96. The first-order valence-electron chi connectivity index (χ1n) is 6.84.